The van der Waals surface area contributed by atoms with Gasteiger partial charge in [-0.1, -0.05) is 0 Å². The summed E-state index contributed by atoms with van der Waals surface area (Å²) in [5.74, 6) is 2.00. The average Bonchev–Trinajstić information content (AvgIpc) is 2.91. The number of nitrogens with zero attached hydrogens (tertiary/aromatic N) is 1. The Bertz CT molecular complexity index is 721. The molecule has 22 heavy (non-hydrogen) atoms. The molecule has 4 heteroatoms. The van der Waals surface area contributed by atoms with E-state index in [4.69, 9.17) is 0 Å². The number of hydrogen-bond donors (Lipinski definition) is 3. The normalized spacial score (nSPS) is 39.5. The van der Waals surface area contributed by atoms with Gasteiger partial charge in [-0.2, -0.15) is 0 Å². The Morgan fingerprint density at radius 1 is 1.27 bits per heavy atom. The zero-order valence-electron chi connectivity index (χ0n) is 13.0. The van der Waals surface area contributed by atoms with Crippen LogP contribution in [0, 0.1) is 24.7 Å². The van der Waals surface area contributed by atoms with Crippen LogP contribution in [-0.4, -0.2) is 26.7 Å². The lowest BCUT2D eigenvalue weighted by atomic mass is 9.52. The lowest BCUT2D eigenvalue weighted by Gasteiger charge is -2.58. The highest BCUT2D eigenvalue weighted by molar-refractivity contribution is 5.91. The zero-order valence-corrected chi connectivity index (χ0v) is 13.0. The van der Waals surface area contributed by atoms with Crippen LogP contribution in [0.15, 0.2) is 18.5 Å². The van der Waals surface area contributed by atoms with Gasteiger partial charge in [-0.05, 0) is 68.4 Å². The largest absolute Gasteiger partial charge is 0.390 e. The first kappa shape index (κ1) is 12.9. The molecule has 5 atom stereocenters. The van der Waals surface area contributed by atoms with E-state index >= 15 is 0 Å². The smallest absolute Gasteiger partial charge is 0.139 e. The van der Waals surface area contributed by atoms with E-state index in [9.17, 15) is 5.11 Å². The number of fused-ring (bicyclic) bond motifs is 1. The van der Waals surface area contributed by atoms with Gasteiger partial charge >= 0.3 is 0 Å². The molecule has 6 rings (SSSR count). The summed E-state index contributed by atoms with van der Waals surface area (Å²) in [6.45, 7) is 2.13. The summed E-state index contributed by atoms with van der Waals surface area (Å²) in [6.07, 6.45) is 9.50. The van der Waals surface area contributed by atoms with E-state index in [1.54, 1.807) is 0 Å². The summed E-state index contributed by atoms with van der Waals surface area (Å²) < 4.78 is 0. The van der Waals surface area contributed by atoms with Crippen molar-refractivity contribution in [1.29, 1.82) is 0 Å². The SMILES string of the molecule is Cc1cnc2[nH]ccc2c1N[C@H]1[C@@H]2CC3C[C@H]1C[C@@](O)(C3)C2. The highest BCUT2D eigenvalue weighted by Crippen LogP contribution is 2.56. The molecule has 2 aromatic heterocycles. The van der Waals surface area contributed by atoms with Crippen molar-refractivity contribution >= 4 is 16.7 Å². The second-order valence-corrected chi connectivity index (χ2v) is 7.92. The minimum Gasteiger partial charge on any atom is -0.390 e. The Hall–Kier alpha value is -1.55. The number of aliphatic hydroxyl groups is 1. The first-order valence-electron chi connectivity index (χ1n) is 8.53. The molecule has 4 saturated carbocycles. The molecule has 4 bridgehead atoms. The van der Waals surface area contributed by atoms with Crippen LogP contribution < -0.4 is 5.32 Å². The third-order valence-electron chi connectivity index (χ3n) is 6.33. The molecule has 4 nitrogen and oxygen atoms in total. The Labute approximate surface area is 130 Å². The van der Waals surface area contributed by atoms with Crippen molar-refractivity contribution in [3.8, 4) is 0 Å². The van der Waals surface area contributed by atoms with Crippen molar-refractivity contribution in [1.82, 2.24) is 9.97 Å². The van der Waals surface area contributed by atoms with E-state index in [1.165, 1.54) is 29.5 Å². The molecule has 0 amide bonds. The van der Waals surface area contributed by atoms with Gasteiger partial charge in [-0.3, -0.25) is 0 Å². The highest BCUT2D eigenvalue weighted by Gasteiger charge is 2.54. The Morgan fingerprint density at radius 2 is 2.05 bits per heavy atom. The third-order valence-corrected chi connectivity index (χ3v) is 6.33. The summed E-state index contributed by atoms with van der Waals surface area (Å²) in [6, 6.07) is 2.62. The number of aryl methyl sites for hydroxylation is 1. The molecule has 0 aromatic carbocycles. The molecule has 2 heterocycles. The van der Waals surface area contributed by atoms with Crippen LogP contribution in [0.4, 0.5) is 5.69 Å². The van der Waals surface area contributed by atoms with Gasteiger partial charge in [0.2, 0.25) is 0 Å². The maximum absolute atomic E-state index is 10.7. The van der Waals surface area contributed by atoms with Crippen LogP contribution in [0.3, 0.4) is 0 Å². The molecule has 4 fully saturated rings. The van der Waals surface area contributed by atoms with Crippen LogP contribution in [0.25, 0.3) is 11.0 Å². The van der Waals surface area contributed by atoms with Crippen molar-refractivity contribution in [3.63, 3.8) is 0 Å². The Morgan fingerprint density at radius 3 is 2.77 bits per heavy atom. The van der Waals surface area contributed by atoms with Crippen LogP contribution in [0.1, 0.15) is 37.7 Å². The summed E-state index contributed by atoms with van der Waals surface area (Å²) in [4.78, 5) is 7.67. The molecule has 2 aromatic rings. The van der Waals surface area contributed by atoms with E-state index < -0.39 is 0 Å². The molecule has 0 aliphatic heterocycles. The number of anilines is 1. The van der Waals surface area contributed by atoms with Gasteiger partial charge in [0, 0.05) is 29.5 Å². The van der Waals surface area contributed by atoms with Crippen LogP contribution in [0.2, 0.25) is 0 Å². The standard InChI is InChI=1S/C18H23N3O/c1-10-9-20-17-14(2-3-19-17)15(10)21-16-12-4-11-5-13(16)8-18(22,6-11)7-12/h2-3,9,11-13,16,22H,4-8H2,1H3,(H2,19,20,21)/t11?,12-,13+,16+,18-. The van der Waals surface area contributed by atoms with E-state index in [0.29, 0.717) is 17.9 Å². The average molecular weight is 297 g/mol. The number of hydrogen-bond acceptors (Lipinski definition) is 3. The van der Waals surface area contributed by atoms with Gasteiger partial charge in [-0.25, -0.2) is 4.98 Å². The number of H-pyrrole nitrogens is 1. The molecule has 0 spiro atoms. The Balaban J connectivity index is 1.51. The van der Waals surface area contributed by atoms with Crippen molar-refractivity contribution in [3.05, 3.63) is 24.0 Å². The second kappa shape index (κ2) is 4.25. The summed E-state index contributed by atoms with van der Waals surface area (Å²) >= 11 is 0. The zero-order chi connectivity index (χ0) is 14.9. The first-order chi connectivity index (χ1) is 10.6. The van der Waals surface area contributed by atoms with Crippen molar-refractivity contribution in [2.75, 3.05) is 5.32 Å². The van der Waals surface area contributed by atoms with Crippen LogP contribution in [0.5, 0.6) is 0 Å². The minimum absolute atomic E-state index is 0.356. The summed E-state index contributed by atoms with van der Waals surface area (Å²) in [7, 11) is 0. The molecule has 4 aliphatic carbocycles. The molecular formula is C18H23N3O. The number of aromatic nitrogens is 2. The quantitative estimate of drug-likeness (QED) is 0.797. The van der Waals surface area contributed by atoms with Crippen LogP contribution in [-0.2, 0) is 0 Å². The van der Waals surface area contributed by atoms with E-state index in [-0.39, 0.29) is 5.60 Å². The number of pyridine rings is 1. The van der Waals surface area contributed by atoms with Crippen molar-refractivity contribution < 1.29 is 5.11 Å². The number of rotatable bonds is 2. The minimum atomic E-state index is -0.356. The maximum atomic E-state index is 10.7. The van der Waals surface area contributed by atoms with E-state index in [0.717, 1.165) is 30.8 Å². The van der Waals surface area contributed by atoms with Gasteiger partial charge in [0.25, 0.3) is 0 Å². The maximum Gasteiger partial charge on any atom is 0.139 e. The van der Waals surface area contributed by atoms with Gasteiger partial charge < -0.3 is 15.4 Å². The molecular weight excluding hydrogens is 274 g/mol. The van der Waals surface area contributed by atoms with Gasteiger partial charge in [0.05, 0.1) is 5.60 Å². The van der Waals surface area contributed by atoms with Crippen LogP contribution >= 0.6 is 0 Å². The summed E-state index contributed by atoms with van der Waals surface area (Å²) in [5, 5.41) is 15.8. The predicted octanol–water partition coefficient (Wildman–Crippen LogP) is 3.22. The van der Waals surface area contributed by atoms with Crippen molar-refractivity contribution in [2.24, 2.45) is 17.8 Å². The molecule has 3 N–H and O–H groups in total. The van der Waals surface area contributed by atoms with Gasteiger partial charge in [0.15, 0.2) is 0 Å². The van der Waals surface area contributed by atoms with E-state index in [1.807, 2.05) is 12.4 Å². The molecule has 0 saturated heterocycles. The predicted molar refractivity (Wildman–Crippen MR) is 86.7 cm³/mol. The lowest BCUT2D eigenvalue weighted by Crippen LogP contribution is -2.59. The van der Waals surface area contributed by atoms with Gasteiger partial charge in [0.1, 0.15) is 5.65 Å². The number of nitrogens with one attached hydrogen (secondary N) is 2. The molecule has 1 unspecified atom stereocenters. The van der Waals surface area contributed by atoms with E-state index in [2.05, 4.69) is 28.3 Å². The molecule has 116 valence electrons. The van der Waals surface area contributed by atoms with Gasteiger partial charge in [-0.15, -0.1) is 0 Å². The monoisotopic (exact) mass is 297 g/mol. The molecule has 4 aliphatic rings. The number of aromatic amines is 1. The highest BCUT2D eigenvalue weighted by atomic mass is 16.3. The lowest BCUT2D eigenvalue weighted by molar-refractivity contribution is -0.129. The topological polar surface area (TPSA) is 60.9 Å². The summed E-state index contributed by atoms with van der Waals surface area (Å²) in [5.41, 5.74) is 3.04. The first-order valence-corrected chi connectivity index (χ1v) is 8.53. The Kier molecular flexibility index (Phi) is 2.50. The molecule has 0 radical (unpaired) electrons. The fourth-order valence-electron chi connectivity index (χ4n) is 5.68. The van der Waals surface area contributed by atoms with Crippen molar-refractivity contribution in [2.45, 2.75) is 50.7 Å². The second-order valence-electron chi connectivity index (χ2n) is 7.92. The third kappa shape index (κ3) is 1.76. The fourth-order valence-corrected chi connectivity index (χ4v) is 5.68. The fraction of sp³-hybridized carbons (Fsp3) is 0.611.